The number of likely N-dealkylation sites (N-methyl/N-ethyl adjacent to an activating group) is 1. The normalized spacial score (nSPS) is 38.5. The van der Waals surface area contributed by atoms with Crippen LogP contribution < -0.4 is 11.1 Å². The molecule has 3 atom stereocenters. The van der Waals surface area contributed by atoms with E-state index in [0.717, 1.165) is 25.5 Å². The molecule has 0 amide bonds. The van der Waals surface area contributed by atoms with Gasteiger partial charge in [-0.3, -0.25) is 0 Å². The van der Waals surface area contributed by atoms with Crippen molar-refractivity contribution in [2.24, 2.45) is 11.7 Å². The minimum Gasteiger partial charge on any atom is -0.326 e. The Balaban J connectivity index is 2.40. The van der Waals surface area contributed by atoms with Gasteiger partial charge in [0.1, 0.15) is 6.29 Å². The third kappa shape index (κ3) is 2.01. The van der Waals surface area contributed by atoms with E-state index in [4.69, 9.17) is 5.73 Å². The highest BCUT2D eigenvalue weighted by Crippen LogP contribution is 2.21. The summed E-state index contributed by atoms with van der Waals surface area (Å²) in [6.07, 6.45) is 3.89. The van der Waals surface area contributed by atoms with Gasteiger partial charge in [-0.15, -0.1) is 0 Å². The van der Waals surface area contributed by atoms with Crippen molar-refractivity contribution in [1.82, 2.24) is 5.32 Å². The first-order valence-corrected chi connectivity index (χ1v) is 4.16. The van der Waals surface area contributed by atoms with E-state index in [1.165, 1.54) is 0 Å². The molecule has 3 heteroatoms. The summed E-state index contributed by atoms with van der Waals surface area (Å²) in [5, 5.41) is 3.16. The molecule has 1 aliphatic carbocycles. The predicted molar refractivity (Wildman–Crippen MR) is 44.2 cm³/mol. The van der Waals surface area contributed by atoms with Crippen LogP contribution in [0.1, 0.15) is 19.3 Å². The van der Waals surface area contributed by atoms with Crippen molar-refractivity contribution in [2.75, 3.05) is 7.05 Å². The fourth-order valence-electron chi connectivity index (χ4n) is 1.72. The lowest BCUT2D eigenvalue weighted by Crippen LogP contribution is -2.47. The molecule has 1 fully saturated rings. The largest absolute Gasteiger partial charge is 0.326 e. The molecule has 1 saturated carbocycles. The zero-order chi connectivity index (χ0) is 8.27. The first-order valence-electron chi connectivity index (χ1n) is 4.16. The SMILES string of the molecule is CNC1CC[C@H](C=O)CC1N. The zero-order valence-corrected chi connectivity index (χ0v) is 6.92. The van der Waals surface area contributed by atoms with E-state index in [1.807, 2.05) is 7.05 Å². The number of rotatable bonds is 2. The molecule has 2 unspecified atom stereocenters. The molecule has 0 saturated heterocycles. The van der Waals surface area contributed by atoms with Gasteiger partial charge in [0.2, 0.25) is 0 Å². The fourth-order valence-corrected chi connectivity index (χ4v) is 1.72. The van der Waals surface area contributed by atoms with Crippen LogP contribution in [0.4, 0.5) is 0 Å². The van der Waals surface area contributed by atoms with Crippen LogP contribution in [0, 0.1) is 5.92 Å². The highest BCUT2D eigenvalue weighted by Gasteiger charge is 2.26. The third-order valence-electron chi connectivity index (χ3n) is 2.50. The van der Waals surface area contributed by atoms with Crippen LogP contribution in [-0.4, -0.2) is 25.4 Å². The summed E-state index contributed by atoms with van der Waals surface area (Å²) >= 11 is 0. The van der Waals surface area contributed by atoms with Crippen molar-refractivity contribution >= 4 is 6.29 Å². The van der Waals surface area contributed by atoms with Crippen molar-refractivity contribution < 1.29 is 4.79 Å². The number of carbonyl (C=O) groups excluding carboxylic acids is 1. The number of nitrogens with one attached hydrogen (secondary N) is 1. The van der Waals surface area contributed by atoms with Crippen LogP contribution in [0.15, 0.2) is 0 Å². The van der Waals surface area contributed by atoms with E-state index >= 15 is 0 Å². The molecule has 3 N–H and O–H groups in total. The Hall–Kier alpha value is -0.410. The van der Waals surface area contributed by atoms with E-state index in [9.17, 15) is 4.79 Å². The summed E-state index contributed by atoms with van der Waals surface area (Å²) in [6, 6.07) is 0.565. The first-order chi connectivity index (χ1) is 5.27. The average Bonchev–Trinajstić information content (AvgIpc) is 2.04. The molecule has 0 aromatic heterocycles. The highest BCUT2D eigenvalue weighted by molar-refractivity contribution is 5.53. The van der Waals surface area contributed by atoms with Crippen molar-refractivity contribution in [3.8, 4) is 0 Å². The maximum atomic E-state index is 10.4. The van der Waals surface area contributed by atoms with Gasteiger partial charge in [-0.1, -0.05) is 0 Å². The van der Waals surface area contributed by atoms with Gasteiger partial charge in [0.05, 0.1) is 0 Å². The van der Waals surface area contributed by atoms with Gasteiger partial charge >= 0.3 is 0 Å². The molecule has 0 aromatic rings. The number of nitrogens with two attached hydrogens (primary N) is 1. The molecule has 0 aliphatic heterocycles. The van der Waals surface area contributed by atoms with E-state index < -0.39 is 0 Å². The number of carbonyl (C=O) groups is 1. The Morgan fingerprint density at radius 3 is 2.73 bits per heavy atom. The molecular formula is C8H16N2O. The smallest absolute Gasteiger partial charge is 0.123 e. The van der Waals surface area contributed by atoms with Gasteiger partial charge in [0, 0.05) is 18.0 Å². The quantitative estimate of drug-likeness (QED) is 0.549. The lowest BCUT2D eigenvalue weighted by atomic mass is 9.84. The molecule has 0 aromatic carbocycles. The minimum absolute atomic E-state index is 0.156. The zero-order valence-electron chi connectivity index (χ0n) is 6.92. The fraction of sp³-hybridized carbons (Fsp3) is 0.875. The van der Waals surface area contributed by atoms with Gasteiger partial charge in [-0.2, -0.15) is 0 Å². The highest BCUT2D eigenvalue weighted by atomic mass is 16.1. The van der Waals surface area contributed by atoms with Crippen molar-refractivity contribution in [3.63, 3.8) is 0 Å². The first kappa shape index (κ1) is 8.68. The predicted octanol–water partition coefficient (Wildman–Crippen LogP) is -0.0993. The molecule has 11 heavy (non-hydrogen) atoms. The molecule has 1 rings (SSSR count). The number of hydrogen-bond acceptors (Lipinski definition) is 3. The maximum absolute atomic E-state index is 10.4. The second kappa shape index (κ2) is 3.83. The Morgan fingerprint density at radius 1 is 1.55 bits per heavy atom. The van der Waals surface area contributed by atoms with E-state index in [-0.39, 0.29) is 12.0 Å². The lowest BCUT2D eigenvalue weighted by molar-refractivity contribution is -0.112. The van der Waals surface area contributed by atoms with Crippen LogP contribution in [0.25, 0.3) is 0 Å². The second-order valence-electron chi connectivity index (χ2n) is 3.27. The summed E-state index contributed by atoms with van der Waals surface area (Å²) in [7, 11) is 1.92. The van der Waals surface area contributed by atoms with Crippen molar-refractivity contribution in [3.05, 3.63) is 0 Å². The Kier molecular flexibility index (Phi) is 3.02. The summed E-state index contributed by atoms with van der Waals surface area (Å²) in [5.74, 6) is 0.203. The number of hydrogen-bond donors (Lipinski definition) is 2. The molecular weight excluding hydrogens is 140 g/mol. The van der Waals surface area contributed by atoms with Gasteiger partial charge in [-0.25, -0.2) is 0 Å². The minimum atomic E-state index is 0.156. The van der Waals surface area contributed by atoms with Gasteiger partial charge in [0.15, 0.2) is 0 Å². The molecule has 3 nitrogen and oxygen atoms in total. The molecule has 0 bridgehead atoms. The van der Waals surface area contributed by atoms with Crippen molar-refractivity contribution in [1.29, 1.82) is 0 Å². The van der Waals surface area contributed by atoms with E-state index in [0.29, 0.717) is 6.04 Å². The summed E-state index contributed by atoms with van der Waals surface area (Å²) in [5.41, 5.74) is 5.83. The number of aldehydes is 1. The van der Waals surface area contributed by atoms with Crippen molar-refractivity contribution in [2.45, 2.75) is 31.3 Å². The van der Waals surface area contributed by atoms with Crippen LogP contribution in [-0.2, 0) is 4.79 Å². The van der Waals surface area contributed by atoms with Crippen LogP contribution in [0.3, 0.4) is 0 Å². The van der Waals surface area contributed by atoms with Gasteiger partial charge in [0.25, 0.3) is 0 Å². The molecule has 64 valence electrons. The summed E-state index contributed by atoms with van der Waals surface area (Å²) < 4.78 is 0. The molecule has 0 radical (unpaired) electrons. The van der Waals surface area contributed by atoms with Gasteiger partial charge in [-0.05, 0) is 26.3 Å². The average molecular weight is 156 g/mol. The standard InChI is InChI=1S/C8H16N2O/c1-10-8-3-2-6(5-11)4-7(8)9/h5-8,10H,2-4,9H2,1H3/t6-,7?,8?/m0/s1. The molecule has 1 aliphatic rings. The van der Waals surface area contributed by atoms with Crippen LogP contribution in [0.5, 0.6) is 0 Å². The third-order valence-corrected chi connectivity index (χ3v) is 2.50. The maximum Gasteiger partial charge on any atom is 0.123 e. The second-order valence-corrected chi connectivity index (χ2v) is 3.27. The van der Waals surface area contributed by atoms with Gasteiger partial charge < -0.3 is 15.8 Å². The Morgan fingerprint density at radius 2 is 2.27 bits per heavy atom. The Labute approximate surface area is 67.3 Å². The molecule has 0 spiro atoms. The van der Waals surface area contributed by atoms with E-state index in [1.54, 1.807) is 0 Å². The Bertz CT molecular complexity index is 138. The summed E-state index contributed by atoms with van der Waals surface area (Å²) in [4.78, 5) is 10.4. The van der Waals surface area contributed by atoms with Crippen LogP contribution in [0.2, 0.25) is 0 Å². The topological polar surface area (TPSA) is 55.1 Å². The summed E-state index contributed by atoms with van der Waals surface area (Å²) in [6.45, 7) is 0. The molecule has 0 heterocycles. The lowest BCUT2D eigenvalue weighted by Gasteiger charge is -2.31. The van der Waals surface area contributed by atoms with Crippen LogP contribution >= 0.6 is 0 Å². The monoisotopic (exact) mass is 156 g/mol. The van der Waals surface area contributed by atoms with E-state index in [2.05, 4.69) is 5.32 Å².